The van der Waals surface area contributed by atoms with Crippen LogP contribution in [0.5, 0.6) is 0 Å². The van der Waals surface area contributed by atoms with Gasteiger partial charge in [0, 0.05) is 24.5 Å². The third-order valence-electron chi connectivity index (χ3n) is 4.53. The third kappa shape index (κ3) is 3.84. The molecule has 1 atom stereocenters. The summed E-state index contributed by atoms with van der Waals surface area (Å²) in [4.78, 5) is 18.1. The molecule has 21 heavy (non-hydrogen) atoms. The van der Waals surface area contributed by atoms with Crippen LogP contribution >= 0.6 is 11.3 Å². The van der Waals surface area contributed by atoms with Gasteiger partial charge in [-0.25, -0.2) is 0 Å². The van der Waals surface area contributed by atoms with Crippen LogP contribution in [0, 0.1) is 5.92 Å². The lowest BCUT2D eigenvalue weighted by Crippen LogP contribution is -2.44. The van der Waals surface area contributed by atoms with Gasteiger partial charge in [-0.2, -0.15) is 0 Å². The number of amides is 1. The van der Waals surface area contributed by atoms with Crippen LogP contribution in [0.15, 0.2) is 11.4 Å². The molecule has 2 aliphatic heterocycles. The first kappa shape index (κ1) is 15.0. The van der Waals surface area contributed by atoms with Crippen LogP contribution in [0.2, 0.25) is 0 Å². The second-order valence-corrected chi connectivity index (χ2v) is 7.34. The molecule has 0 aromatic carbocycles. The van der Waals surface area contributed by atoms with E-state index in [1.54, 1.807) is 0 Å². The number of nitrogens with zero attached hydrogens (tertiary/aromatic N) is 2. The van der Waals surface area contributed by atoms with E-state index in [4.69, 9.17) is 0 Å². The minimum Gasteiger partial charge on any atom is -0.337 e. The zero-order valence-electron chi connectivity index (χ0n) is 12.8. The van der Waals surface area contributed by atoms with Gasteiger partial charge >= 0.3 is 0 Å². The van der Waals surface area contributed by atoms with Gasteiger partial charge in [-0.15, -0.1) is 11.3 Å². The fraction of sp³-hybridized carbons (Fsp3) is 0.688. The van der Waals surface area contributed by atoms with E-state index in [1.165, 1.54) is 23.3 Å². The first-order valence-corrected chi connectivity index (χ1v) is 8.82. The Bertz CT molecular complexity index is 482. The van der Waals surface area contributed by atoms with Crippen molar-refractivity contribution >= 4 is 17.2 Å². The lowest BCUT2D eigenvalue weighted by atomic mass is 9.99. The van der Waals surface area contributed by atoms with Crippen molar-refractivity contribution in [3.63, 3.8) is 0 Å². The molecule has 0 bridgehead atoms. The second kappa shape index (κ2) is 6.90. The summed E-state index contributed by atoms with van der Waals surface area (Å²) in [6, 6.07) is 2.16. The first-order chi connectivity index (χ1) is 10.2. The molecular formula is C16H25N3OS. The van der Waals surface area contributed by atoms with E-state index < -0.39 is 0 Å². The van der Waals surface area contributed by atoms with Gasteiger partial charge in [0.15, 0.2) is 0 Å². The third-order valence-corrected chi connectivity index (χ3v) is 5.56. The Hall–Kier alpha value is -0.910. The smallest absolute Gasteiger partial charge is 0.237 e. The summed E-state index contributed by atoms with van der Waals surface area (Å²) in [6.07, 6.45) is 3.57. The Labute approximate surface area is 131 Å². The molecule has 1 aromatic heterocycles. The number of likely N-dealkylation sites (N-methyl/N-ethyl adjacent to an activating group) is 1. The normalized spacial score (nSPS) is 22.4. The van der Waals surface area contributed by atoms with E-state index in [-0.39, 0.29) is 5.91 Å². The highest BCUT2D eigenvalue weighted by atomic mass is 32.1. The predicted molar refractivity (Wildman–Crippen MR) is 86.5 cm³/mol. The number of fused-ring (bicyclic) bond motifs is 1. The van der Waals surface area contributed by atoms with Crippen LogP contribution in [0.1, 0.15) is 23.3 Å². The number of rotatable bonds is 4. The molecule has 1 aromatic rings. The van der Waals surface area contributed by atoms with Crippen molar-refractivity contribution in [2.24, 2.45) is 5.92 Å². The van der Waals surface area contributed by atoms with Gasteiger partial charge in [0.05, 0.1) is 6.54 Å². The fourth-order valence-electron chi connectivity index (χ4n) is 3.38. The number of hydrogen-bond donors (Lipinski definition) is 1. The maximum atomic E-state index is 12.5. The summed E-state index contributed by atoms with van der Waals surface area (Å²) in [5, 5.41) is 5.58. The number of carbonyl (C=O) groups is 1. The maximum absolute atomic E-state index is 12.5. The average Bonchev–Trinajstić information content (AvgIpc) is 2.95. The molecule has 3 heterocycles. The summed E-state index contributed by atoms with van der Waals surface area (Å²) in [7, 11) is 2.08. The van der Waals surface area contributed by atoms with Crippen LogP contribution in [0.25, 0.3) is 0 Å². The van der Waals surface area contributed by atoms with Crippen molar-refractivity contribution in [2.75, 3.05) is 39.8 Å². The van der Waals surface area contributed by atoms with Crippen molar-refractivity contribution in [3.8, 4) is 0 Å². The number of carbonyl (C=O) groups excluding carboxylic acids is 1. The second-order valence-electron chi connectivity index (χ2n) is 6.34. The molecule has 0 aliphatic carbocycles. The Balaban J connectivity index is 1.47. The quantitative estimate of drug-likeness (QED) is 0.917. The van der Waals surface area contributed by atoms with E-state index >= 15 is 0 Å². The topological polar surface area (TPSA) is 35.6 Å². The van der Waals surface area contributed by atoms with Crippen molar-refractivity contribution < 1.29 is 4.79 Å². The minimum atomic E-state index is 0.276. The van der Waals surface area contributed by atoms with Crippen molar-refractivity contribution in [2.45, 2.75) is 25.8 Å². The standard InChI is InChI=1S/C16H25N3OS/c1-18(10-13-3-2-6-17-9-13)12-16(20)19-7-4-15-14(11-19)5-8-21-15/h5,8,13,17H,2-4,6-7,9-12H2,1H3. The zero-order valence-corrected chi connectivity index (χ0v) is 13.6. The summed E-state index contributed by atoms with van der Waals surface area (Å²) in [5.74, 6) is 0.972. The fourth-order valence-corrected chi connectivity index (χ4v) is 4.27. The van der Waals surface area contributed by atoms with E-state index in [0.29, 0.717) is 12.5 Å². The highest BCUT2D eigenvalue weighted by Gasteiger charge is 2.23. The van der Waals surface area contributed by atoms with Gasteiger partial charge in [0.1, 0.15) is 0 Å². The molecule has 1 amide bonds. The van der Waals surface area contributed by atoms with E-state index in [9.17, 15) is 4.79 Å². The molecule has 4 nitrogen and oxygen atoms in total. The van der Waals surface area contributed by atoms with Crippen LogP contribution in [-0.4, -0.2) is 55.5 Å². The number of thiophene rings is 1. The predicted octanol–water partition coefficient (Wildman–Crippen LogP) is 1.56. The Morgan fingerprint density at radius 2 is 2.48 bits per heavy atom. The van der Waals surface area contributed by atoms with Gasteiger partial charge in [0.2, 0.25) is 5.91 Å². The molecule has 3 rings (SSSR count). The molecule has 1 fully saturated rings. The van der Waals surface area contributed by atoms with Crippen LogP contribution in [0.4, 0.5) is 0 Å². The highest BCUT2D eigenvalue weighted by Crippen LogP contribution is 2.24. The van der Waals surface area contributed by atoms with Gasteiger partial charge in [-0.1, -0.05) is 0 Å². The lowest BCUT2D eigenvalue weighted by molar-refractivity contribution is -0.133. The van der Waals surface area contributed by atoms with Crippen molar-refractivity contribution in [1.29, 1.82) is 0 Å². The SMILES string of the molecule is CN(CC(=O)N1CCc2sccc2C1)CC1CCCNC1. The Morgan fingerprint density at radius 1 is 1.57 bits per heavy atom. The monoisotopic (exact) mass is 307 g/mol. The van der Waals surface area contributed by atoms with Gasteiger partial charge in [-0.05, 0) is 62.3 Å². The first-order valence-electron chi connectivity index (χ1n) is 7.94. The summed E-state index contributed by atoms with van der Waals surface area (Å²) < 4.78 is 0. The summed E-state index contributed by atoms with van der Waals surface area (Å²) in [5.41, 5.74) is 1.35. The van der Waals surface area contributed by atoms with E-state index in [0.717, 1.165) is 39.1 Å². The number of piperidine rings is 1. The molecular weight excluding hydrogens is 282 g/mol. The summed E-state index contributed by atoms with van der Waals surface area (Å²) >= 11 is 1.82. The minimum absolute atomic E-state index is 0.276. The molecule has 5 heteroatoms. The van der Waals surface area contributed by atoms with Crippen molar-refractivity contribution in [1.82, 2.24) is 15.1 Å². The lowest BCUT2D eigenvalue weighted by Gasteiger charge is -2.31. The molecule has 1 unspecified atom stereocenters. The van der Waals surface area contributed by atoms with Gasteiger partial charge < -0.3 is 10.2 Å². The molecule has 0 radical (unpaired) electrons. The highest BCUT2D eigenvalue weighted by molar-refractivity contribution is 7.10. The van der Waals surface area contributed by atoms with Crippen LogP contribution in [-0.2, 0) is 17.8 Å². The molecule has 0 spiro atoms. The molecule has 116 valence electrons. The molecule has 1 N–H and O–H groups in total. The largest absolute Gasteiger partial charge is 0.337 e. The molecule has 1 saturated heterocycles. The van der Waals surface area contributed by atoms with Crippen LogP contribution < -0.4 is 5.32 Å². The summed E-state index contributed by atoms with van der Waals surface area (Å²) in [6.45, 7) is 5.50. The van der Waals surface area contributed by atoms with Gasteiger partial charge in [0.25, 0.3) is 0 Å². The van der Waals surface area contributed by atoms with Gasteiger partial charge in [-0.3, -0.25) is 9.69 Å². The molecule has 0 saturated carbocycles. The van der Waals surface area contributed by atoms with Crippen molar-refractivity contribution in [3.05, 3.63) is 21.9 Å². The maximum Gasteiger partial charge on any atom is 0.237 e. The van der Waals surface area contributed by atoms with Crippen LogP contribution in [0.3, 0.4) is 0 Å². The average molecular weight is 307 g/mol. The zero-order chi connectivity index (χ0) is 14.7. The number of hydrogen-bond acceptors (Lipinski definition) is 4. The molecule has 2 aliphatic rings. The number of nitrogens with one attached hydrogen (secondary N) is 1. The van der Waals surface area contributed by atoms with E-state index in [2.05, 4.69) is 28.7 Å². The van der Waals surface area contributed by atoms with E-state index in [1.807, 2.05) is 16.2 Å². The Morgan fingerprint density at radius 3 is 3.29 bits per heavy atom. The Kier molecular flexibility index (Phi) is 4.93.